The fourth-order valence-corrected chi connectivity index (χ4v) is 2.57. The number of hydrogen-bond donors (Lipinski definition) is 1. The van der Waals surface area contributed by atoms with Crippen LogP contribution in [0.3, 0.4) is 0 Å². The minimum absolute atomic E-state index is 0.0350. The van der Waals surface area contributed by atoms with Gasteiger partial charge in [-0.25, -0.2) is 0 Å². The standard InChI is InChI=1S/C19H30N2O2/c1-5-19(3,4)14-20-18(22)17-12-16(7-6-15(17)2)13-21-8-10-23-11-9-21/h6-7,12H,5,8-11,13-14H2,1-4H3,(H,20,22). The predicted octanol–water partition coefficient (Wildman–Crippen LogP) is 2.99. The number of hydrogen-bond acceptors (Lipinski definition) is 3. The van der Waals surface area contributed by atoms with Crippen molar-refractivity contribution in [3.63, 3.8) is 0 Å². The smallest absolute Gasteiger partial charge is 0.251 e. The number of amides is 1. The highest BCUT2D eigenvalue weighted by Gasteiger charge is 2.18. The summed E-state index contributed by atoms with van der Waals surface area (Å²) in [6.07, 6.45) is 1.04. The Hall–Kier alpha value is -1.39. The predicted molar refractivity (Wildman–Crippen MR) is 93.7 cm³/mol. The van der Waals surface area contributed by atoms with Crippen LogP contribution >= 0.6 is 0 Å². The van der Waals surface area contributed by atoms with Crippen molar-refractivity contribution in [3.05, 3.63) is 34.9 Å². The molecule has 0 radical (unpaired) electrons. The summed E-state index contributed by atoms with van der Waals surface area (Å²) in [7, 11) is 0. The number of nitrogens with zero attached hydrogens (tertiary/aromatic N) is 1. The Morgan fingerprint density at radius 2 is 2.00 bits per heavy atom. The minimum Gasteiger partial charge on any atom is -0.379 e. The number of ether oxygens (including phenoxy) is 1. The highest BCUT2D eigenvalue weighted by Crippen LogP contribution is 2.19. The zero-order valence-electron chi connectivity index (χ0n) is 14.9. The zero-order valence-corrected chi connectivity index (χ0v) is 14.9. The molecule has 2 rings (SSSR count). The summed E-state index contributed by atoms with van der Waals surface area (Å²) >= 11 is 0. The van der Waals surface area contributed by atoms with Crippen molar-refractivity contribution in [2.24, 2.45) is 5.41 Å². The molecule has 4 nitrogen and oxygen atoms in total. The molecule has 1 aromatic rings. The van der Waals surface area contributed by atoms with Crippen molar-refractivity contribution < 1.29 is 9.53 Å². The van der Waals surface area contributed by atoms with Crippen LogP contribution in [0, 0.1) is 12.3 Å². The van der Waals surface area contributed by atoms with Crippen LogP contribution < -0.4 is 5.32 Å². The lowest BCUT2D eigenvalue weighted by Crippen LogP contribution is -2.36. The van der Waals surface area contributed by atoms with Crippen LogP contribution in [0.5, 0.6) is 0 Å². The third kappa shape index (κ3) is 5.33. The number of benzene rings is 1. The lowest BCUT2D eigenvalue weighted by molar-refractivity contribution is 0.0342. The average molecular weight is 318 g/mol. The topological polar surface area (TPSA) is 41.6 Å². The van der Waals surface area contributed by atoms with Crippen LogP contribution in [-0.2, 0) is 11.3 Å². The molecule has 1 aromatic carbocycles. The summed E-state index contributed by atoms with van der Waals surface area (Å²) in [6, 6.07) is 6.21. The van der Waals surface area contributed by atoms with Crippen LogP contribution in [0.15, 0.2) is 18.2 Å². The molecule has 0 saturated carbocycles. The van der Waals surface area contributed by atoms with Gasteiger partial charge in [0.1, 0.15) is 0 Å². The molecule has 0 atom stereocenters. The molecule has 1 aliphatic heterocycles. The van der Waals surface area contributed by atoms with Crippen LogP contribution in [0.4, 0.5) is 0 Å². The van der Waals surface area contributed by atoms with Gasteiger partial charge in [0.15, 0.2) is 0 Å². The van der Waals surface area contributed by atoms with E-state index < -0.39 is 0 Å². The van der Waals surface area contributed by atoms with E-state index in [0.29, 0.717) is 6.54 Å². The Morgan fingerprint density at radius 1 is 1.30 bits per heavy atom. The van der Waals surface area contributed by atoms with Gasteiger partial charge in [-0.3, -0.25) is 9.69 Å². The fourth-order valence-electron chi connectivity index (χ4n) is 2.57. The Balaban J connectivity index is 2.02. The van der Waals surface area contributed by atoms with E-state index >= 15 is 0 Å². The van der Waals surface area contributed by atoms with E-state index in [9.17, 15) is 4.79 Å². The van der Waals surface area contributed by atoms with Gasteiger partial charge in [0, 0.05) is 31.7 Å². The Bertz CT molecular complexity index is 534. The first-order chi connectivity index (χ1) is 10.9. The van der Waals surface area contributed by atoms with Crippen molar-refractivity contribution in [1.29, 1.82) is 0 Å². The summed E-state index contributed by atoms with van der Waals surface area (Å²) in [5, 5.41) is 3.09. The van der Waals surface area contributed by atoms with Gasteiger partial charge < -0.3 is 10.1 Å². The molecule has 1 saturated heterocycles. The molecular formula is C19H30N2O2. The number of morpholine rings is 1. The summed E-state index contributed by atoms with van der Waals surface area (Å²) < 4.78 is 5.39. The van der Waals surface area contributed by atoms with Gasteiger partial charge >= 0.3 is 0 Å². The first-order valence-electron chi connectivity index (χ1n) is 8.59. The molecule has 1 aliphatic rings. The summed E-state index contributed by atoms with van der Waals surface area (Å²) in [5.41, 5.74) is 3.15. The van der Waals surface area contributed by atoms with Crippen molar-refractivity contribution in [3.8, 4) is 0 Å². The highest BCUT2D eigenvalue weighted by molar-refractivity contribution is 5.95. The molecule has 23 heavy (non-hydrogen) atoms. The third-order valence-corrected chi connectivity index (χ3v) is 4.74. The maximum atomic E-state index is 12.5. The van der Waals surface area contributed by atoms with Crippen LogP contribution in [0.1, 0.15) is 48.7 Å². The van der Waals surface area contributed by atoms with Crippen molar-refractivity contribution >= 4 is 5.91 Å². The molecule has 1 heterocycles. The first kappa shape index (κ1) is 18.0. The zero-order chi connectivity index (χ0) is 16.9. The molecule has 0 aliphatic carbocycles. The van der Waals surface area contributed by atoms with Gasteiger partial charge in [-0.2, -0.15) is 0 Å². The molecule has 128 valence electrons. The van der Waals surface area contributed by atoms with Crippen molar-refractivity contribution in [2.45, 2.75) is 40.7 Å². The molecule has 1 amide bonds. The van der Waals surface area contributed by atoms with Crippen molar-refractivity contribution in [2.75, 3.05) is 32.8 Å². The van der Waals surface area contributed by atoms with E-state index in [0.717, 1.165) is 50.4 Å². The molecule has 1 N–H and O–H groups in total. The van der Waals surface area contributed by atoms with Gasteiger partial charge in [-0.05, 0) is 36.0 Å². The van der Waals surface area contributed by atoms with E-state index in [-0.39, 0.29) is 11.3 Å². The lowest BCUT2D eigenvalue weighted by atomic mass is 9.90. The van der Waals surface area contributed by atoms with Gasteiger partial charge in [0.25, 0.3) is 5.91 Å². The maximum Gasteiger partial charge on any atom is 0.251 e. The summed E-state index contributed by atoms with van der Waals surface area (Å²) in [5.74, 6) is 0.0350. The molecule has 4 heteroatoms. The normalized spacial score (nSPS) is 16.3. The second-order valence-electron chi connectivity index (χ2n) is 7.24. The van der Waals surface area contributed by atoms with E-state index in [1.165, 1.54) is 5.56 Å². The second-order valence-corrected chi connectivity index (χ2v) is 7.24. The number of carbonyl (C=O) groups is 1. The molecule has 0 bridgehead atoms. The third-order valence-electron chi connectivity index (χ3n) is 4.74. The monoisotopic (exact) mass is 318 g/mol. The fraction of sp³-hybridized carbons (Fsp3) is 0.632. The van der Waals surface area contributed by atoms with E-state index in [1.54, 1.807) is 0 Å². The first-order valence-corrected chi connectivity index (χ1v) is 8.59. The van der Waals surface area contributed by atoms with E-state index in [1.807, 2.05) is 13.0 Å². The van der Waals surface area contributed by atoms with Gasteiger partial charge in [0.05, 0.1) is 13.2 Å². The quantitative estimate of drug-likeness (QED) is 0.877. The Morgan fingerprint density at radius 3 is 2.65 bits per heavy atom. The number of carbonyl (C=O) groups excluding carboxylic acids is 1. The van der Waals surface area contributed by atoms with Gasteiger partial charge in [-0.15, -0.1) is 0 Å². The van der Waals surface area contributed by atoms with Crippen LogP contribution in [0.25, 0.3) is 0 Å². The van der Waals surface area contributed by atoms with Crippen LogP contribution in [-0.4, -0.2) is 43.7 Å². The number of aryl methyl sites for hydroxylation is 1. The summed E-state index contributed by atoms with van der Waals surface area (Å²) in [6.45, 7) is 13.6. The Kier molecular flexibility index (Phi) is 6.19. The molecule has 1 fully saturated rings. The van der Waals surface area contributed by atoms with Gasteiger partial charge in [-0.1, -0.05) is 32.9 Å². The highest BCUT2D eigenvalue weighted by atomic mass is 16.5. The van der Waals surface area contributed by atoms with Gasteiger partial charge in [0.2, 0.25) is 0 Å². The number of nitrogens with one attached hydrogen (secondary N) is 1. The maximum absolute atomic E-state index is 12.5. The average Bonchev–Trinajstić information content (AvgIpc) is 2.55. The largest absolute Gasteiger partial charge is 0.379 e. The number of rotatable bonds is 6. The summed E-state index contributed by atoms with van der Waals surface area (Å²) in [4.78, 5) is 14.9. The second kappa shape index (κ2) is 7.93. The molecule has 0 unspecified atom stereocenters. The minimum atomic E-state index is 0.0350. The SMILES string of the molecule is CCC(C)(C)CNC(=O)c1cc(CN2CCOCC2)ccc1C. The molecular weight excluding hydrogens is 288 g/mol. The van der Waals surface area contributed by atoms with Crippen LogP contribution in [0.2, 0.25) is 0 Å². The lowest BCUT2D eigenvalue weighted by Gasteiger charge is -2.27. The Labute approximate surface area is 140 Å². The van der Waals surface area contributed by atoms with E-state index in [4.69, 9.17) is 4.74 Å². The molecule has 0 aromatic heterocycles. The van der Waals surface area contributed by atoms with E-state index in [2.05, 4.69) is 43.1 Å². The molecule has 0 spiro atoms. The van der Waals surface area contributed by atoms with Crippen molar-refractivity contribution in [1.82, 2.24) is 10.2 Å².